The van der Waals surface area contributed by atoms with Crippen molar-refractivity contribution in [3.05, 3.63) is 47.0 Å². The maximum atomic E-state index is 13.5. The largest absolute Gasteiger partial charge is 0.491 e. The van der Waals surface area contributed by atoms with Crippen molar-refractivity contribution in [2.45, 2.75) is 38.9 Å². The summed E-state index contributed by atoms with van der Waals surface area (Å²) in [5.74, 6) is -0.898. The summed E-state index contributed by atoms with van der Waals surface area (Å²) in [7, 11) is 0. The van der Waals surface area contributed by atoms with Gasteiger partial charge in [0.1, 0.15) is 12.4 Å². The van der Waals surface area contributed by atoms with Gasteiger partial charge in [-0.15, -0.1) is 0 Å². The molecule has 1 aromatic carbocycles. The smallest absolute Gasteiger partial charge is 0.419 e. The van der Waals surface area contributed by atoms with Gasteiger partial charge < -0.3 is 10.5 Å². The average molecular weight is 405 g/mol. The van der Waals surface area contributed by atoms with Crippen molar-refractivity contribution >= 4 is 11.6 Å². The molecule has 1 aromatic heterocycles. The maximum Gasteiger partial charge on any atom is 0.419 e. The monoisotopic (exact) mass is 404 g/mol. The highest BCUT2D eigenvalue weighted by molar-refractivity contribution is 6.33. The highest BCUT2D eigenvalue weighted by Gasteiger charge is 2.35. The number of nitrogens with zero attached hydrogens (tertiary/aromatic N) is 1. The van der Waals surface area contributed by atoms with Crippen molar-refractivity contribution in [1.29, 1.82) is 0 Å². The van der Waals surface area contributed by atoms with Gasteiger partial charge >= 0.3 is 6.18 Å². The molecule has 2 aromatic rings. The number of nitrogens with two attached hydrogens (primary N) is 1. The predicted molar refractivity (Wildman–Crippen MR) is 97.2 cm³/mol. The van der Waals surface area contributed by atoms with Gasteiger partial charge in [0.25, 0.3) is 0 Å². The van der Waals surface area contributed by atoms with E-state index in [-0.39, 0.29) is 34.4 Å². The van der Waals surface area contributed by atoms with Gasteiger partial charge in [0, 0.05) is 23.4 Å². The highest BCUT2D eigenvalue weighted by atomic mass is 35.5. The molecule has 1 unspecified atom stereocenters. The van der Waals surface area contributed by atoms with Gasteiger partial charge in [-0.3, -0.25) is 0 Å². The molecular weight excluding hydrogens is 384 g/mol. The van der Waals surface area contributed by atoms with Crippen LogP contribution in [0, 0.1) is 11.9 Å². The lowest BCUT2D eigenvalue weighted by molar-refractivity contribution is -0.139. The van der Waals surface area contributed by atoms with Crippen LogP contribution in [0.15, 0.2) is 30.5 Å². The Bertz CT molecular complexity index is 807. The van der Waals surface area contributed by atoms with Gasteiger partial charge in [0.2, 0.25) is 5.95 Å². The molecule has 1 heterocycles. The average Bonchev–Trinajstić information content (AvgIpc) is 2.53. The molecule has 0 saturated carbocycles. The van der Waals surface area contributed by atoms with Gasteiger partial charge in [-0.1, -0.05) is 31.5 Å². The molecule has 1 atom stereocenters. The summed E-state index contributed by atoms with van der Waals surface area (Å²) in [5.41, 5.74) is 4.59. The Morgan fingerprint density at radius 3 is 2.48 bits per heavy atom. The third-order valence-electron chi connectivity index (χ3n) is 3.85. The fraction of sp³-hybridized carbons (Fsp3) is 0.421. The zero-order valence-corrected chi connectivity index (χ0v) is 16.0. The quantitative estimate of drug-likeness (QED) is 0.496. The number of ether oxygens (including phenoxy) is 1. The topological polar surface area (TPSA) is 48.1 Å². The molecule has 3 nitrogen and oxygen atoms in total. The molecule has 0 spiro atoms. The van der Waals surface area contributed by atoms with E-state index in [0.717, 1.165) is 18.3 Å². The molecule has 0 saturated heterocycles. The molecule has 2 N–H and O–H groups in total. The first-order valence-electron chi connectivity index (χ1n) is 8.33. The number of pyridine rings is 1. The van der Waals surface area contributed by atoms with E-state index in [1.165, 1.54) is 12.1 Å². The Morgan fingerprint density at radius 1 is 1.22 bits per heavy atom. The van der Waals surface area contributed by atoms with E-state index < -0.39 is 23.2 Å². The molecule has 0 radical (unpaired) electrons. The Hall–Kier alpha value is -1.86. The second-order valence-corrected chi connectivity index (χ2v) is 7.64. The van der Waals surface area contributed by atoms with Crippen molar-refractivity contribution in [3.8, 4) is 16.9 Å². The minimum Gasteiger partial charge on any atom is -0.491 e. The molecule has 0 aliphatic heterocycles. The van der Waals surface area contributed by atoms with Crippen LogP contribution in [0.4, 0.5) is 17.6 Å². The van der Waals surface area contributed by atoms with Crippen molar-refractivity contribution in [1.82, 2.24) is 4.98 Å². The molecule has 0 aliphatic carbocycles. The van der Waals surface area contributed by atoms with Gasteiger partial charge in [-0.05, 0) is 37.0 Å². The van der Waals surface area contributed by atoms with E-state index in [1.807, 2.05) is 13.8 Å². The van der Waals surface area contributed by atoms with E-state index in [0.29, 0.717) is 6.42 Å². The lowest BCUT2D eigenvalue weighted by Gasteiger charge is -2.27. The summed E-state index contributed by atoms with van der Waals surface area (Å²) >= 11 is 5.95. The molecular formula is C19H21ClF4N2O. The molecule has 0 bridgehead atoms. The first-order chi connectivity index (χ1) is 12.4. The van der Waals surface area contributed by atoms with Crippen LogP contribution in [0.3, 0.4) is 0 Å². The van der Waals surface area contributed by atoms with Gasteiger partial charge in [0.15, 0.2) is 0 Å². The summed E-state index contributed by atoms with van der Waals surface area (Å²) in [4.78, 5) is 3.37. The number of halogens is 5. The first-order valence-corrected chi connectivity index (χ1v) is 8.71. The van der Waals surface area contributed by atoms with Crippen molar-refractivity contribution < 1.29 is 22.3 Å². The zero-order chi connectivity index (χ0) is 20.4. The van der Waals surface area contributed by atoms with Crippen LogP contribution in [-0.2, 0) is 6.18 Å². The Kier molecular flexibility index (Phi) is 6.37. The number of hydrogen-bond donors (Lipinski definition) is 1. The van der Waals surface area contributed by atoms with Crippen LogP contribution in [0.5, 0.6) is 5.75 Å². The Morgan fingerprint density at radius 2 is 1.89 bits per heavy atom. The van der Waals surface area contributed by atoms with Gasteiger partial charge in [-0.2, -0.15) is 17.6 Å². The van der Waals surface area contributed by atoms with Crippen LogP contribution in [0.1, 0.15) is 32.8 Å². The summed E-state index contributed by atoms with van der Waals surface area (Å²) < 4.78 is 59.4. The Balaban J connectivity index is 2.38. The third-order valence-corrected chi connectivity index (χ3v) is 4.15. The van der Waals surface area contributed by atoms with E-state index in [4.69, 9.17) is 22.1 Å². The van der Waals surface area contributed by atoms with E-state index in [2.05, 4.69) is 4.98 Å². The summed E-state index contributed by atoms with van der Waals surface area (Å²) in [6.07, 6.45) is -3.01. The minimum atomic E-state index is -4.66. The van der Waals surface area contributed by atoms with Gasteiger partial charge in [-0.25, -0.2) is 4.98 Å². The lowest BCUT2D eigenvalue weighted by atomic mass is 9.93. The lowest BCUT2D eigenvalue weighted by Crippen LogP contribution is -2.43. The first kappa shape index (κ1) is 21.4. The number of aromatic nitrogens is 1. The minimum absolute atomic E-state index is 0.0460. The van der Waals surface area contributed by atoms with Crippen LogP contribution in [0.2, 0.25) is 5.02 Å². The van der Waals surface area contributed by atoms with Crippen LogP contribution in [0.25, 0.3) is 11.1 Å². The fourth-order valence-electron chi connectivity index (χ4n) is 2.91. The second kappa shape index (κ2) is 8.02. The van der Waals surface area contributed by atoms with E-state index in [9.17, 15) is 17.6 Å². The molecule has 148 valence electrons. The maximum absolute atomic E-state index is 13.5. The number of hydrogen-bond acceptors (Lipinski definition) is 3. The summed E-state index contributed by atoms with van der Waals surface area (Å²) in [6.45, 7) is 5.60. The van der Waals surface area contributed by atoms with Crippen LogP contribution in [-0.4, -0.2) is 17.1 Å². The standard InChI is InChI=1S/C19H21ClF4N2O/c1-11(2)8-18(3,25)10-27-16-5-4-12(6-14(16)19(22,23)24)13-7-17(21)26-9-15(13)20/h4-7,9,11H,8,10,25H2,1-3H3. The third kappa shape index (κ3) is 5.81. The fourth-order valence-corrected chi connectivity index (χ4v) is 3.13. The zero-order valence-electron chi connectivity index (χ0n) is 15.2. The highest BCUT2D eigenvalue weighted by Crippen LogP contribution is 2.40. The molecule has 27 heavy (non-hydrogen) atoms. The van der Waals surface area contributed by atoms with E-state index >= 15 is 0 Å². The normalized spacial score (nSPS) is 14.3. The van der Waals surface area contributed by atoms with Crippen LogP contribution >= 0.6 is 11.6 Å². The molecule has 0 amide bonds. The Labute approximate surface area is 160 Å². The summed E-state index contributed by atoms with van der Waals surface area (Å²) in [6, 6.07) is 4.45. The second-order valence-electron chi connectivity index (χ2n) is 7.24. The SMILES string of the molecule is CC(C)CC(C)(N)COc1ccc(-c2cc(F)ncc2Cl)cc1C(F)(F)F. The van der Waals surface area contributed by atoms with Crippen LogP contribution < -0.4 is 10.5 Å². The predicted octanol–water partition coefficient (Wildman–Crippen LogP) is 5.70. The van der Waals surface area contributed by atoms with Crippen molar-refractivity contribution in [2.75, 3.05) is 6.61 Å². The van der Waals surface area contributed by atoms with Crippen molar-refractivity contribution in [3.63, 3.8) is 0 Å². The molecule has 0 aliphatic rings. The number of rotatable bonds is 6. The molecule has 0 fully saturated rings. The van der Waals surface area contributed by atoms with E-state index in [1.54, 1.807) is 6.92 Å². The number of benzene rings is 1. The van der Waals surface area contributed by atoms with Crippen molar-refractivity contribution in [2.24, 2.45) is 11.7 Å². The summed E-state index contributed by atoms with van der Waals surface area (Å²) in [5, 5.41) is 0.0460. The molecule has 2 rings (SSSR count). The molecule has 8 heteroatoms. The number of alkyl halides is 3. The van der Waals surface area contributed by atoms with Gasteiger partial charge in [0.05, 0.1) is 10.6 Å².